The Labute approximate surface area is 148 Å². The SMILES string of the molecule is Cc1nn(COc2ccc(F)cc2F)c(C)c1NC(=O)c1ccoc1C. The Morgan fingerprint density at radius 2 is 2.04 bits per heavy atom. The molecule has 0 bridgehead atoms. The van der Waals surface area contributed by atoms with Gasteiger partial charge in [-0.05, 0) is 39.0 Å². The molecule has 2 aromatic heterocycles. The molecule has 2 heterocycles. The molecule has 3 rings (SSSR count). The zero-order valence-corrected chi connectivity index (χ0v) is 14.5. The third kappa shape index (κ3) is 3.44. The van der Waals surface area contributed by atoms with E-state index >= 15 is 0 Å². The number of nitrogens with one attached hydrogen (secondary N) is 1. The maximum atomic E-state index is 13.6. The lowest BCUT2D eigenvalue weighted by atomic mass is 10.2. The summed E-state index contributed by atoms with van der Waals surface area (Å²) in [4.78, 5) is 12.3. The molecule has 8 heteroatoms. The van der Waals surface area contributed by atoms with E-state index in [0.717, 1.165) is 12.1 Å². The van der Waals surface area contributed by atoms with Gasteiger partial charge in [0.25, 0.3) is 5.91 Å². The van der Waals surface area contributed by atoms with E-state index in [4.69, 9.17) is 9.15 Å². The summed E-state index contributed by atoms with van der Waals surface area (Å²) in [5.41, 5.74) is 2.19. The number of carbonyl (C=O) groups excluding carboxylic acids is 1. The summed E-state index contributed by atoms with van der Waals surface area (Å²) < 4.78 is 38.6. The molecule has 0 unspecified atom stereocenters. The van der Waals surface area contributed by atoms with Crippen LogP contribution in [0.4, 0.5) is 14.5 Å². The highest BCUT2D eigenvalue weighted by molar-refractivity contribution is 6.05. The van der Waals surface area contributed by atoms with Crippen LogP contribution in [0.25, 0.3) is 0 Å². The lowest BCUT2D eigenvalue weighted by Crippen LogP contribution is -2.14. The minimum atomic E-state index is -0.796. The van der Waals surface area contributed by atoms with Crippen LogP contribution in [0.5, 0.6) is 5.75 Å². The number of hydrogen-bond acceptors (Lipinski definition) is 4. The van der Waals surface area contributed by atoms with Crippen molar-refractivity contribution < 1.29 is 22.7 Å². The molecule has 3 aromatic rings. The van der Waals surface area contributed by atoms with Gasteiger partial charge in [-0.3, -0.25) is 4.79 Å². The molecule has 0 saturated carbocycles. The third-order valence-electron chi connectivity index (χ3n) is 3.96. The Morgan fingerprint density at radius 3 is 2.69 bits per heavy atom. The summed E-state index contributed by atoms with van der Waals surface area (Å²) in [5, 5.41) is 7.08. The van der Waals surface area contributed by atoms with Crippen LogP contribution in [0.3, 0.4) is 0 Å². The number of furan rings is 1. The Balaban J connectivity index is 1.75. The van der Waals surface area contributed by atoms with Gasteiger partial charge in [0.15, 0.2) is 18.3 Å². The molecule has 26 heavy (non-hydrogen) atoms. The van der Waals surface area contributed by atoms with Gasteiger partial charge in [0.05, 0.1) is 28.9 Å². The number of carbonyl (C=O) groups is 1. The van der Waals surface area contributed by atoms with E-state index in [9.17, 15) is 13.6 Å². The van der Waals surface area contributed by atoms with Crippen LogP contribution in [0.1, 0.15) is 27.5 Å². The summed E-state index contributed by atoms with van der Waals surface area (Å²) in [6, 6.07) is 4.65. The number of halogens is 2. The first kappa shape index (κ1) is 17.7. The molecule has 0 aliphatic carbocycles. The number of aryl methyl sites for hydroxylation is 2. The zero-order valence-electron chi connectivity index (χ0n) is 14.5. The lowest BCUT2D eigenvalue weighted by Gasteiger charge is -2.09. The number of aromatic nitrogens is 2. The van der Waals surface area contributed by atoms with E-state index in [0.29, 0.717) is 28.4 Å². The molecule has 1 amide bonds. The summed E-state index contributed by atoms with van der Waals surface area (Å²) >= 11 is 0. The van der Waals surface area contributed by atoms with Crippen LogP contribution >= 0.6 is 0 Å². The van der Waals surface area contributed by atoms with Crippen molar-refractivity contribution in [2.75, 3.05) is 5.32 Å². The number of benzene rings is 1. The third-order valence-corrected chi connectivity index (χ3v) is 3.96. The van der Waals surface area contributed by atoms with E-state index < -0.39 is 11.6 Å². The summed E-state index contributed by atoms with van der Waals surface area (Å²) in [6.07, 6.45) is 1.44. The molecule has 0 fully saturated rings. The van der Waals surface area contributed by atoms with Crippen molar-refractivity contribution in [1.82, 2.24) is 9.78 Å². The quantitative estimate of drug-likeness (QED) is 0.747. The molecule has 6 nitrogen and oxygen atoms in total. The molecule has 0 saturated heterocycles. The van der Waals surface area contributed by atoms with Crippen LogP contribution in [0.2, 0.25) is 0 Å². The largest absolute Gasteiger partial charge is 0.469 e. The van der Waals surface area contributed by atoms with Crippen LogP contribution in [-0.4, -0.2) is 15.7 Å². The van der Waals surface area contributed by atoms with Crippen molar-refractivity contribution in [2.24, 2.45) is 0 Å². The van der Waals surface area contributed by atoms with Crippen molar-refractivity contribution in [2.45, 2.75) is 27.5 Å². The van der Waals surface area contributed by atoms with Gasteiger partial charge in [-0.25, -0.2) is 13.5 Å². The van der Waals surface area contributed by atoms with Gasteiger partial charge in [-0.1, -0.05) is 0 Å². The van der Waals surface area contributed by atoms with Crippen molar-refractivity contribution in [3.63, 3.8) is 0 Å². The predicted octanol–water partition coefficient (Wildman–Crippen LogP) is 3.97. The molecule has 0 atom stereocenters. The summed E-state index contributed by atoms with van der Waals surface area (Å²) in [7, 11) is 0. The zero-order chi connectivity index (χ0) is 18.8. The van der Waals surface area contributed by atoms with E-state index in [1.807, 2.05) is 0 Å². The van der Waals surface area contributed by atoms with E-state index in [1.165, 1.54) is 17.0 Å². The smallest absolute Gasteiger partial charge is 0.259 e. The molecule has 0 radical (unpaired) electrons. The highest BCUT2D eigenvalue weighted by Gasteiger charge is 2.18. The van der Waals surface area contributed by atoms with Gasteiger partial charge in [0.2, 0.25) is 0 Å². The molecule has 136 valence electrons. The molecule has 0 aliphatic heterocycles. The van der Waals surface area contributed by atoms with E-state index in [2.05, 4.69) is 10.4 Å². The van der Waals surface area contributed by atoms with Gasteiger partial charge in [-0.15, -0.1) is 0 Å². The number of amides is 1. The molecule has 1 N–H and O–H groups in total. The second kappa shape index (κ2) is 6.99. The van der Waals surface area contributed by atoms with Crippen molar-refractivity contribution in [1.29, 1.82) is 0 Å². The summed E-state index contributed by atoms with van der Waals surface area (Å²) in [5.74, 6) is -1.36. The fourth-order valence-electron chi connectivity index (χ4n) is 2.53. The second-order valence-electron chi connectivity index (χ2n) is 5.74. The highest BCUT2D eigenvalue weighted by Crippen LogP contribution is 2.23. The van der Waals surface area contributed by atoms with Crippen molar-refractivity contribution in [3.8, 4) is 5.75 Å². The van der Waals surface area contributed by atoms with E-state index in [1.54, 1.807) is 26.8 Å². The first-order valence-corrected chi connectivity index (χ1v) is 7.84. The standard InChI is InChI=1S/C18H17F2N3O3/c1-10-17(21-18(24)14-6-7-25-12(14)3)11(2)23(22-10)9-26-16-5-4-13(19)8-15(16)20/h4-8H,9H2,1-3H3,(H,21,24). The highest BCUT2D eigenvalue weighted by atomic mass is 19.1. The Morgan fingerprint density at radius 1 is 1.27 bits per heavy atom. The van der Waals surface area contributed by atoms with Crippen LogP contribution in [-0.2, 0) is 6.73 Å². The van der Waals surface area contributed by atoms with Crippen LogP contribution in [0.15, 0.2) is 34.9 Å². The van der Waals surface area contributed by atoms with Crippen molar-refractivity contribution >= 4 is 11.6 Å². The van der Waals surface area contributed by atoms with Gasteiger partial charge in [-0.2, -0.15) is 5.10 Å². The van der Waals surface area contributed by atoms with Gasteiger partial charge >= 0.3 is 0 Å². The fourth-order valence-corrected chi connectivity index (χ4v) is 2.53. The number of nitrogens with zero attached hydrogens (tertiary/aromatic N) is 2. The van der Waals surface area contributed by atoms with Gasteiger partial charge in [0.1, 0.15) is 11.6 Å². The minimum Gasteiger partial charge on any atom is -0.469 e. The van der Waals surface area contributed by atoms with Crippen molar-refractivity contribution in [3.05, 3.63) is 64.9 Å². The molecule has 1 aromatic carbocycles. The monoisotopic (exact) mass is 361 g/mol. The molecular weight excluding hydrogens is 344 g/mol. The average molecular weight is 361 g/mol. The first-order chi connectivity index (χ1) is 12.4. The Hall–Kier alpha value is -3.16. The number of rotatable bonds is 5. The van der Waals surface area contributed by atoms with E-state index in [-0.39, 0.29) is 18.4 Å². The minimum absolute atomic E-state index is 0.0847. The number of anilines is 1. The predicted molar refractivity (Wildman–Crippen MR) is 90.1 cm³/mol. The molecule has 0 spiro atoms. The first-order valence-electron chi connectivity index (χ1n) is 7.84. The normalized spacial score (nSPS) is 10.8. The number of hydrogen-bond donors (Lipinski definition) is 1. The molecule has 0 aliphatic rings. The topological polar surface area (TPSA) is 69.3 Å². The molecular formula is C18H17F2N3O3. The second-order valence-corrected chi connectivity index (χ2v) is 5.74. The lowest BCUT2D eigenvalue weighted by molar-refractivity contribution is 0.102. The average Bonchev–Trinajstić information content (AvgIpc) is 3.12. The fraction of sp³-hybridized carbons (Fsp3) is 0.222. The maximum absolute atomic E-state index is 13.6. The Bertz CT molecular complexity index is 963. The Kier molecular flexibility index (Phi) is 4.75. The van der Waals surface area contributed by atoms with Gasteiger partial charge in [0, 0.05) is 6.07 Å². The summed E-state index contributed by atoms with van der Waals surface area (Å²) in [6.45, 7) is 5.10. The van der Waals surface area contributed by atoms with Gasteiger partial charge < -0.3 is 14.5 Å². The van der Waals surface area contributed by atoms with Crippen LogP contribution < -0.4 is 10.1 Å². The number of ether oxygens (including phenoxy) is 1. The maximum Gasteiger partial charge on any atom is 0.259 e. The van der Waals surface area contributed by atoms with Crippen LogP contribution in [0, 0.1) is 32.4 Å².